The van der Waals surface area contributed by atoms with Gasteiger partial charge in [-0.15, -0.1) is 0 Å². The molecule has 1 aliphatic heterocycles. The number of hydrogen-bond donors (Lipinski definition) is 2. The van der Waals surface area contributed by atoms with Crippen molar-refractivity contribution >= 4 is 33.5 Å². The van der Waals surface area contributed by atoms with Gasteiger partial charge in [-0.2, -0.15) is 0 Å². The number of aromatic carboxylic acids is 1. The van der Waals surface area contributed by atoms with Gasteiger partial charge >= 0.3 is 5.97 Å². The second-order valence-electron chi connectivity index (χ2n) is 6.24. The van der Waals surface area contributed by atoms with Crippen LogP contribution in [0.15, 0.2) is 47.4 Å². The number of anilines is 1. The van der Waals surface area contributed by atoms with Crippen LogP contribution in [0, 0.1) is 0 Å². The Hall–Kier alpha value is -3.20. The van der Waals surface area contributed by atoms with Crippen LogP contribution in [0.4, 0.5) is 5.69 Å². The molecule has 2 aromatic carbocycles. The van der Waals surface area contributed by atoms with Gasteiger partial charge in [0.2, 0.25) is 0 Å². The number of imide groups is 1. The van der Waals surface area contributed by atoms with Gasteiger partial charge in [0, 0.05) is 6.54 Å². The third-order valence-corrected chi connectivity index (χ3v) is 6.22. The first-order valence-electron chi connectivity index (χ1n) is 8.62. The molecule has 0 bridgehead atoms. The van der Waals surface area contributed by atoms with Crippen molar-refractivity contribution in [2.75, 3.05) is 10.8 Å². The number of hydrogen-bond acceptors (Lipinski definition) is 5. The maximum atomic E-state index is 13.3. The van der Waals surface area contributed by atoms with Crippen LogP contribution >= 0.6 is 0 Å². The normalized spacial score (nSPS) is 13.2. The van der Waals surface area contributed by atoms with Crippen LogP contribution in [-0.2, 0) is 10.0 Å². The molecule has 2 amide bonds. The van der Waals surface area contributed by atoms with Crippen molar-refractivity contribution < 1.29 is 27.9 Å². The second kappa shape index (κ2) is 7.43. The van der Waals surface area contributed by atoms with Crippen molar-refractivity contribution in [3.8, 4) is 0 Å². The zero-order chi connectivity index (χ0) is 20.5. The lowest BCUT2D eigenvalue weighted by molar-refractivity contribution is 0.0697. The summed E-state index contributed by atoms with van der Waals surface area (Å²) in [5.74, 6) is -2.49. The molecule has 0 fully saturated rings. The van der Waals surface area contributed by atoms with Crippen molar-refractivity contribution in [3.05, 3.63) is 59.2 Å². The monoisotopic (exact) mass is 402 g/mol. The molecular formula is C19H18N2O6S. The summed E-state index contributed by atoms with van der Waals surface area (Å²) < 4.78 is 27.7. The van der Waals surface area contributed by atoms with E-state index in [2.05, 4.69) is 5.32 Å². The number of unbranched alkanes of at least 4 members (excludes halogenated alkanes) is 1. The van der Waals surface area contributed by atoms with Gasteiger partial charge in [0.05, 0.1) is 27.3 Å². The zero-order valence-corrected chi connectivity index (χ0v) is 15.8. The Morgan fingerprint density at radius 2 is 1.75 bits per heavy atom. The first kappa shape index (κ1) is 19.6. The predicted octanol–water partition coefficient (Wildman–Crippen LogP) is 2.26. The Labute approximate surface area is 161 Å². The van der Waals surface area contributed by atoms with Crippen LogP contribution in [0.1, 0.15) is 50.8 Å². The Morgan fingerprint density at radius 1 is 1.07 bits per heavy atom. The van der Waals surface area contributed by atoms with Gasteiger partial charge in [-0.3, -0.25) is 19.2 Å². The van der Waals surface area contributed by atoms with Gasteiger partial charge in [-0.25, -0.2) is 13.2 Å². The highest BCUT2D eigenvalue weighted by atomic mass is 32.2. The minimum Gasteiger partial charge on any atom is -0.478 e. The van der Waals surface area contributed by atoms with E-state index in [-0.39, 0.29) is 33.8 Å². The second-order valence-corrected chi connectivity index (χ2v) is 8.11. The number of carboxylic acids is 1. The molecule has 0 saturated carbocycles. The molecule has 9 heteroatoms. The van der Waals surface area contributed by atoms with Gasteiger partial charge in [-0.1, -0.05) is 25.5 Å². The Kier molecular flexibility index (Phi) is 5.19. The molecule has 0 radical (unpaired) electrons. The fourth-order valence-corrected chi connectivity index (χ4v) is 4.53. The lowest BCUT2D eigenvalue weighted by atomic mass is 10.1. The smallest absolute Gasteiger partial charge is 0.337 e. The number of carbonyl (C=O) groups is 3. The third-order valence-electron chi connectivity index (χ3n) is 4.41. The maximum absolute atomic E-state index is 13.3. The standard InChI is InChI=1S/C19H18N2O6S/c1-2-3-10-21(16-7-5-4-6-14(16)19(24)25)28(26,27)12-8-9-13-15(11-12)18(23)20-17(13)22/h4-9,11H,2-3,10H2,1H3,(H,24,25)(H,20,22,23). The first-order valence-corrected chi connectivity index (χ1v) is 10.1. The third kappa shape index (κ3) is 3.36. The quantitative estimate of drug-likeness (QED) is 0.686. The fraction of sp³-hybridized carbons (Fsp3) is 0.211. The molecule has 0 unspecified atom stereocenters. The van der Waals surface area contributed by atoms with Gasteiger partial charge in [0.15, 0.2) is 0 Å². The number of carbonyl (C=O) groups excluding carboxylic acids is 2. The van der Waals surface area contributed by atoms with Crippen LogP contribution in [0.3, 0.4) is 0 Å². The Morgan fingerprint density at radius 3 is 2.43 bits per heavy atom. The molecule has 3 rings (SSSR count). The molecule has 0 aliphatic carbocycles. The summed E-state index contributed by atoms with van der Waals surface area (Å²) in [4.78, 5) is 35.0. The molecule has 0 spiro atoms. The van der Waals surface area contributed by atoms with E-state index in [1.165, 1.54) is 30.3 Å². The summed E-state index contributed by atoms with van der Waals surface area (Å²) in [7, 11) is -4.17. The number of fused-ring (bicyclic) bond motifs is 1. The van der Waals surface area contributed by atoms with Crippen LogP contribution in [0.5, 0.6) is 0 Å². The highest BCUT2D eigenvalue weighted by Gasteiger charge is 2.32. The van der Waals surface area contributed by atoms with E-state index in [1.807, 2.05) is 6.92 Å². The molecular weight excluding hydrogens is 384 g/mol. The average molecular weight is 402 g/mol. The van der Waals surface area contributed by atoms with Crippen molar-refractivity contribution in [1.82, 2.24) is 5.32 Å². The summed E-state index contributed by atoms with van der Waals surface area (Å²) in [5.41, 5.74) is -0.0104. The molecule has 28 heavy (non-hydrogen) atoms. The lowest BCUT2D eigenvalue weighted by Gasteiger charge is -2.26. The van der Waals surface area contributed by atoms with E-state index in [0.29, 0.717) is 12.8 Å². The predicted molar refractivity (Wildman–Crippen MR) is 101 cm³/mol. The van der Waals surface area contributed by atoms with Crippen LogP contribution in [-0.4, -0.2) is 37.9 Å². The van der Waals surface area contributed by atoms with Crippen molar-refractivity contribution in [2.45, 2.75) is 24.7 Å². The van der Waals surface area contributed by atoms with Crippen molar-refractivity contribution in [3.63, 3.8) is 0 Å². The number of nitrogens with zero attached hydrogens (tertiary/aromatic N) is 1. The van der Waals surface area contributed by atoms with E-state index in [0.717, 1.165) is 10.4 Å². The van der Waals surface area contributed by atoms with E-state index in [1.54, 1.807) is 6.07 Å². The topological polar surface area (TPSA) is 121 Å². The number of para-hydroxylation sites is 1. The Bertz CT molecular complexity index is 1080. The molecule has 2 N–H and O–H groups in total. The number of nitrogens with one attached hydrogen (secondary N) is 1. The largest absolute Gasteiger partial charge is 0.478 e. The summed E-state index contributed by atoms with van der Waals surface area (Å²) in [6.07, 6.45) is 1.21. The summed E-state index contributed by atoms with van der Waals surface area (Å²) in [5, 5.41) is 11.6. The first-order chi connectivity index (χ1) is 13.3. The minimum absolute atomic E-state index is 0.0203. The summed E-state index contributed by atoms with van der Waals surface area (Å²) in [6.45, 7) is 1.96. The van der Waals surface area contributed by atoms with Gasteiger partial charge in [0.1, 0.15) is 0 Å². The number of amides is 2. The van der Waals surface area contributed by atoms with Crippen LogP contribution < -0.4 is 9.62 Å². The number of sulfonamides is 1. The van der Waals surface area contributed by atoms with Crippen LogP contribution in [0.2, 0.25) is 0 Å². The molecule has 0 aromatic heterocycles. The molecule has 0 saturated heterocycles. The van der Waals surface area contributed by atoms with E-state index in [4.69, 9.17) is 0 Å². The van der Waals surface area contributed by atoms with E-state index < -0.39 is 27.8 Å². The molecule has 2 aromatic rings. The van der Waals surface area contributed by atoms with Crippen molar-refractivity contribution in [1.29, 1.82) is 0 Å². The summed E-state index contributed by atoms with van der Waals surface area (Å²) in [6, 6.07) is 9.51. The highest BCUT2D eigenvalue weighted by molar-refractivity contribution is 7.92. The SMILES string of the molecule is CCCCN(c1ccccc1C(=O)O)S(=O)(=O)c1ccc2c(c1)C(=O)NC2=O. The van der Waals surface area contributed by atoms with Gasteiger partial charge < -0.3 is 5.11 Å². The zero-order valence-electron chi connectivity index (χ0n) is 15.0. The minimum atomic E-state index is -4.17. The lowest BCUT2D eigenvalue weighted by Crippen LogP contribution is -2.33. The van der Waals surface area contributed by atoms with Crippen molar-refractivity contribution in [2.24, 2.45) is 0 Å². The number of rotatable bonds is 7. The summed E-state index contributed by atoms with van der Waals surface area (Å²) >= 11 is 0. The highest BCUT2D eigenvalue weighted by Crippen LogP contribution is 2.29. The Balaban J connectivity index is 2.13. The van der Waals surface area contributed by atoms with Gasteiger partial charge in [0.25, 0.3) is 21.8 Å². The number of carboxylic acid groups (broad SMARTS) is 1. The average Bonchev–Trinajstić information content (AvgIpc) is 2.95. The fourth-order valence-electron chi connectivity index (χ4n) is 2.98. The van der Waals surface area contributed by atoms with E-state index >= 15 is 0 Å². The molecule has 0 atom stereocenters. The maximum Gasteiger partial charge on any atom is 0.337 e. The molecule has 1 heterocycles. The molecule has 1 aliphatic rings. The van der Waals surface area contributed by atoms with Gasteiger partial charge in [-0.05, 0) is 36.8 Å². The number of benzene rings is 2. The molecule has 8 nitrogen and oxygen atoms in total. The van der Waals surface area contributed by atoms with Crippen LogP contribution in [0.25, 0.3) is 0 Å². The van der Waals surface area contributed by atoms with E-state index in [9.17, 15) is 27.9 Å². The molecule has 146 valence electrons.